The minimum Gasteiger partial charge on any atom is -0.399 e. The first-order valence-corrected chi connectivity index (χ1v) is 3.23. The van der Waals surface area contributed by atoms with E-state index in [1.165, 1.54) is 0 Å². The Morgan fingerprint density at radius 3 is 2.60 bits per heavy atom. The third kappa shape index (κ3) is 1.20. The standard InChI is InChI=1S/C7H13N3/c1-7(10)3-2-5(8)4-6(7)9/h2-4,6H,8-10H2,1H3. The molecule has 10 heavy (non-hydrogen) atoms. The summed E-state index contributed by atoms with van der Waals surface area (Å²) in [5.74, 6) is 0. The fraction of sp³-hybridized carbons (Fsp3) is 0.429. The van der Waals surface area contributed by atoms with Gasteiger partial charge in [-0.1, -0.05) is 6.08 Å². The van der Waals surface area contributed by atoms with Crippen LogP contribution in [0.5, 0.6) is 0 Å². The van der Waals surface area contributed by atoms with Crippen LogP contribution in [0.25, 0.3) is 0 Å². The van der Waals surface area contributed by atoms with E-state index < -0.39 is 5.54 Å². The Morgan fingerprint density at radius 1 is 1.60 bits per heavy atom. The van der Waals surface area contributed by atoms with Gasteiger partial charge in [-0.2, -0.15) is 0 Å². The quantitative estimate of drug-likeness (QED) is 0.421. The van der Waals surface area contributed by atoms with Gasteiger partial charge in [0, 0.05) is 11.7 Å². The van der Waals surface area contributed by atoms with Gasteiger partial charge in [0.15, 0.2) is 0 Å². The fourth-order valence-electron chi connectivity index (χ4n) is 0.829. The summed E-state index contributed by atoms with van der Waals surface area (Å²) >= 11 is 0. The van der Waals surface area contributed by atoms with Crippen molar-refractivity contribution in [3.8, 4) is 0 Å². The lowest BCUT2D eigenvalue weighted by molar-refractivity contribution is 0.511. The van der Waals surface area contributed by atoms with Gasteiger partial charge in [-0.25, -0.2) is 0 Å². The highest BCUT2D eigenvalue weighted by molar-refractivity contribution is 5.30. The van der Waals surface area contributed by atoms with Gasteiger partial charge in [0.25, 0.3) is 0 Å². The summed E-state index contributed by atoms with van der Waals surface area (Å²) in [7, 11) is 0. The maximum Gasteiger partial charge on any atom is 0.0505 e. The third-order valence-corrected chi connectivity index (χ3v) is 1.73. The zero-order valence-electron chi connectivity index (χ0n) is 6.04. The highest BCUT2D eigenvalue weighted by Crippen LogP contribution is 2.13. The molecule has 2 unspecified atom stereocenters. The van der Waals surface area contributed by atoms with Gasteiger partial charge in [-0.15, -0.1) is 0 Å². The predicted octanol–water partition coefficient (Wildman–Crippen LogP) is -0.556. The molecule has 0 heterocycles. The third-order valence-electron chi connectivity index (χ3n) is 1.73. The molecule has 0 aromatic rings. The molecule has 1 rings (SSSR count). The Kier molecular flexibility index (Phi) is 1.54. The van der Waals surface area contributed by atoms with Crippen molar-refractivity contribution in [1.29, 1.82) is 0 Å². The molecule has 0 aromatic heterocycles. The van der Waals surface area contributed by atoms with Gasteiger partial charge >= 0.3 is 0 Å². The van der Waals surface area contributed by atoms with Crippen LogP contribution in [0.15, 0.2) is 23.9 Å². The second kappa shape index (κ2) is 2.11. The molecule has 1 aliphatic carbocycles. The first-order valence-electron chi connectivity index (χ1n) is 3.23. The van der Waals surface area contributed by atoms with Crippen LogP contribution in [0.3, 0.4) is 0 Å². The van der Waals surface area contributed by atoms with Gasteiger partial charge in [0.2, 0.25) is 0 Å². The average molecular weight is 139 g/mol. The van der Waals surface area contributed by atoms with Crippen LogP contribution < -0.4 is 17.2 Å². The molecule has 0 saturated carbocycles. The zero-order valence-corrected chi connectivity index (χ0v) is 6.04. The van der Waals surface area contributed by atoms with Crippen LogP contribution in [0, 0.1) is 0 Å². The lowest BCUT2D eigenvalue weighted by Crippen LogP contribution is -2.51. The van der Waals surface area contributed by atoms with E-state index in [9.17, 15) is 0 Å². The Labute approximate surface area is 60.6 Å². The summed E-state index contributed by atoms with van der Waals surface area (Å²) in [4.78, 5) is 0. The minimum atomic E-state index is -0.442. The minimum absolute atomic E-state index is 0.169. The molecule has 0 amide bonds. The Hall–Kier alpha value is -0.800. The average Bonchev–Trinajstić information content (AvgIpc) is 1.81. The highest BCUT2D eigenvalue weighted by atomic mass is 14.8. The second-order valence-corrected chi connectivity index (χ2v) is 2.89. The van der Waals surface area contributed by atoms with E-state index in [4.69, 9.17) is 17.2 Å². The summed E-state index contributed by atoms with van der Waals surface area (Å²) in [6, 6.07) is -0.169. The number of hydrogen-bond donors (Lipinski definition) is 3. The molecule has 0 aromatic carbocycles. The van der Waals surface area contributed by atoms with Crippen LogP contribution in [-0.4, -0.2) is 11.6 Å². The van der Waals surface area contributed by atoms with Crippen molar-refractivity contribution in [2.45, 2.75) is 18.5 Å². The molecule has 0 saturated heterocycles. The SMILES string of the molecule is CC1(N)C=CC(N)=CC1N. The Balaban J connectivity index is 2.84. The molecule has 0 bridgehead atoms. The summed E-state index contributed by atoms with van der Waals surface area (Å²) in [5.41, 5.74) is 17.2. The molecule has 3 heteroatoms. The number of nitrogens with two attached hydrogens (primary N) is 3. The summed E-state index contributed by atoms with van der Waals surface area (Å²) < 4.78 is 0. The fourth-order valence-corrected chi connectivity index (χ4v) is 0.829. The molecule has 0 fully saturated rings. The smallest absolute Gasteiger partial charge is 0.0505 e. The van der Waals surface area contributed by atoms with Crippen LogP contribution in [0.2, 0.25) is 0 Å². The van der Waals surface area contributed by atoms with Crippen LogP contribution >= 0.6 is 0 Å². The van der Waals surface area contributed by atoms with Crippen molar-refractivity contribution in [3.05, 3.63) is 23.9 Å². The van der Waals surface area contributed by atoms with E-state index in [2.05, 4.69) is 0 Å². The monoisotopic (exact) mass is 139 g/mol. The number of allylic oxidation sites excluding steroid dienone is 1. The van der Waals surface area contributed by atoms with Crippen molar-refractivity contribution in [1.82, 2.24) is 0 Å². The van der Waals surface area contributed by atoms with E-state index >= 15 is 0 Å². The zero-order chi connectivity index (χ0) is 7.78. The van der Waals surface area contributed by atoms with E-state index in [-0.39, 0.29) is 6.04 Å². The Bertz CT molecular complexity index is 191. The van der Waals surface area contributed by atoms with Crippen LogP contribution in [-0.2, 0) is 0 Å². The van der Waals surface area contributed by atoms with E-state index in [1.807, 2.05) is 13.0 Å². The van der Waals surface area contributed by atoms with Gasteiger partial charge < -0.3 is 17.2 Å². The molecule has 2 atom stereocenters. The van der Waals surface area contributed by atoms with Crippen molar-refractivity contribution >= 4 is 0 Å². The van der Waals surface area contributed by atoms with Crippen LogP contribution in [0.4, 0.5) is 0 Å². The van der Waals surface area contributed by atoms with Gasteiger partial charge in [-0.3, -0.25) is 0 Å². The molecule has 3 nitrogen and oxygen atoms in total. The van der Waals surface area contributed by atoms with Gasteiger partial charge in [-0.05, 0) is 19.1 Å². The number of rotatable bonds is 0. The first kappa shape index (κ1) is 7.31. The molecule has 0 spiro atoms. The van der Waals surface area contributed by atoms with Gasteiger partial charge in [0.05, 0.1) is 5.54 Å². The molecule has 6 N–H and O–H groups in total. The van der Waals surface area contributed by atoms with Crippen molar-refractivity contribution in [2.24, 2.45) is 17.2 Å². The molecular formula is C7H13N3. The normalized spacial score (nSPS) is 39.5. The van der Waals surface area contributed by atoms with Crippen molar-refractivity contribution in [2.75, 3.05) is 0 Å². The highest BCUT2D eigenvalue weighted by Gasteiger charge is 2.24. The van der Waals surface area contributed by atoms with E-state index in [1.54, 1.807) is 12.2 Å². The summed E-state index contributed by atoms with van der Waals surface area (Å²) in [6.45, 7) is 1.87. The second-order valence-electron chi connectivity index (χ2n) is 2.89. The molecule has 56 valence electrons. The lowest BCUT2D eigenvalue weighted by Gasteiger charge is -2.28. The molecule has 0 aliphatic heterocycles. The molecule has 0 radical (unpaired) electrons. The molecular weight excluding hydrogens is 126 g/mol. The number of hydrogen-bond acceptors (Lipinski definition) is 3. The first-order chi connectivity index (χ1) is 4.52. The van der Waals surface area contributed by atoms with Crippen LogP contribution in [0.1, 0.15) is 6.92 Å². The van der Waals surface area contributed by atoms with Crippen molar-refractivity contribution < 1.29 is 0 Å². The maximum absolute atomic E-state index is 5.77. The Morgan fingerprint density at radius 2 is 2.20 bits per heavy atom. The predicted molar refractivity (Wildman–Crippen MR) is 42.0 cm³/mol. The van der Waals surface area contributed by atoms with E-state index in [0.717, 1.165) is 0 Å². The topological polar surface area (TPSA) is 78.1 Å². The largest absolute Gasteiger partial charge is 0.399 e. The molecule has 1 aliphatic rings. The van der Waals surface area contributed by atoms with Crippen molar-refractivity contribution in [3.63, 3.8) is 0 Å². The maximum atomic E-state index is 5.77. The van der Waals surface area contributed by atoms with E-state index in [0.29, 0.717) is 5.70 Å². The lowest BCUT2D eigenvalue weighted by atomic mass is 9.89. The summed E-state index contributed by atoms with van der Waals surface area (Å²) in [6.07, 6.45) is 5.37. The summed E-state index contributed by atoms with van der Waals surface area (Å²) in [5, 5.41) is 0. The van der Waals surface area contributed by atoms with Gasteiger partial charge in [0.1, 0.15) is 0 Å².